The molecule has 0 aliphatic rings. The van der Waals surface area contributed by atoms with Gasteiger partial charge in [0, 0.05) is 12.7 Å². The highest BCUT2D eigenvalue weighted by Crippen LogP contribution is 2.26. The monoisotopic (exact) mass is 233 g/mol. The zero-order chi connectivity index (χ0) is 12.3. The Labute approximate surface area is 90.4 Å². The van der Waals surface area contributed by atoms with Gasteiger partial charge in [-0.25, -0.2) is 4.79 Å². The van der Waals surface area contributed by atoms with Gasteiger partial charge in [-0.05, 0) is 24.3 Å². The third kappa shape index (κ3) is 2.65. The van der Waals surface area contributed by atoms with Crippen molar-refractivity contribution in [1.82, 2.24) is 0 Å². The van der Waals surface area contributed by atoms with Gasteiger partial charge < -0.3 is 4.74 Å². The Hall–Kier alpha value is -1.72. The number of rotatable bonds is 2. The van der Waals surface area contributed by atoms with Gasteiger partial charge in [0.2, 0.25) is 0 Å². The average Bonchev–Trinajstić information content (AvgIpc) is 2.26. The predicted molar refractivity (Wildman–Crippen MR) is 52.2 cm³/mol. The van der Waals surface area contributed by atoms with Crippen LogP contribution in [0.25, 0.3) is 0 Å². The number of nitrogens with zero attached hydrogens (tertiary/aromatic N) is 1. The molecule has 0 unspecified atom stereocenters. The van der Waals surface area contributed by atoms with Gasteiger partial charge in [-0.3, -0.25) is 4.90 Å². The highest BCUT2D eigenvalue weighted by Gasteiger charge is 2.34. The number of esters is 1. The van der Waals surface area contributed by atoms with Crippen LogP contribution in [0.15, 0.2) is 24.3 Å². The molecule has 0 amide bonds. The summed E-state index contributed by atoms with van der Waals surface area (Å²) >= 11 is 0. The number of anilines is 1. The molecule has 0 bridgehead atoms. The number of alkyl halides is 3. The van der Waals surface area contributed by atoms with E-state index in [1.807, 2.05) is 0 Å². The molecule has 0 N–H and O–H groups in total. The van der Waals surface area contributed by atoms with Crippen LogP contribution < -0.4 is 4.90 Å². The van der Waals surface area contributed by atoms with E-state index < -0.39 is 12.3 Å². The Morgan fingerprint density at radius 3 is 2.12 bits per heavy atom. The first-order valence-electron chi connectivity index (χ1n) is 4.35. The molecule has 88 valence electrons. The zero-order valence-electron chi connectivity index (χ0n) is 8.71. The summed E-state index contributed by atoms with van der Waals surface area (Å²) in [6.07, 6.45) is -4.44. The molecule has 3 nitrogen and oxygen atoms in total. The molecule has 0 aromatic heterocycles. The van der Waals surface area contributed by atoms with E-state index in [4.69, 9.17) is 0 Å². The van der Waals surface area contributed by atoms with Gasteiger partial charge in [0.25, 0.3) is 0 Å². The highest BCUT2D eigenvalue weighted by atomic mass is 19.4. The molecule has 1 rings (SSSR count). The van der Waals surface area contributed by atoms with E-state index in [-0.39, 0.29) is 16.2 Å². The summed E-state index contributed by atoms with van der Waals surface area (Å²) in [5, 5.41) is 0. The second-order valence-corrected chi connectivity index (χ2v) is 3.07. The lowest BCUT2D eigenvalue weighted by Gasteiger charge is -2.22. The van der Waals surface area contributed by atoms with E-state index >= 15 is 0 Å². The van der Waals surface area contributed by atoms with Gasteiger partial charge in [-0.2, -0.15) is 13.2 Å². The molecule has 0 saturated carbocycles. The van der Waals surface area contributed by atoms with E-state index in [1.165, 1.54) is 31.4 Å². The molecule has 1 aromatic rings. The fourth-order valence-electron chi connectivity index (χ4n) is 1.09. The minimum atomic E-state index is -4.44. The predicted octanol–water partition coefficient (Wildman–Crippen LogP) is 2.43. The first kappa shape index (κ1) is 12.4. The van der Waals surface area contributed by atoms with Gasteiger partial charge in [0.15, 0.2) is 0 Å². The van der Waals surface area contributed by atoms with E-state index in [0.29, 0.717) is 0 Å². The molecular weight excluding hydrogens is 223 g/mol. The number of carbonyl (C=O) groups excluding carboxylic acids is 1. The fraction of sp³-hybridized carbons (Fsp3) is 0.300. The van der Waals surface area contributed by atoms with Crippen molar-refractivity contribution < 1.29 is 22.7 Å². The summed E-state index contributed by atoms with van der Waals surface area (Å²) in [4.78, 5) is 11.2. The maximum absolute atomic E-state index is 12.3. The fourth-order valence-corrected chi connectivity index (χ4v) is 1.09. The minimum absolute atomic E-state index is 0.0415. The lowest BCUT2D eigenvalue weighted by molar-refractivity contribution is -0.125. The van der Waals surface area contributed by atoms with Crippen LogP contribution in [-0.4, -0.2) is 26.4 Å². The number of hydrogen-bond donors (Lipinski definition) is 0. The van der Waals surface area contributed by atoms with Crippen molar-refractivity contribution in [3.8, 4) is 0 Å². The summed E-state index contributed by atoms with van der Waals surface area (Å²) in [7, 11) is 2.12. The molecule has 0 atom stereocenters. The van der Waals surface area contributed by atoms with Gasteiger partial charge in [-0.15, -0.1) is 0 Å². The van der Waals surface area contributed by atoms with E-state index in [1.54, 1.807) is 0 Å². The van der Waals surface area contributed by atoms with Crippen LogP contribution in [0.4, 0.5) is 18.9 Å². The topological polar surface area (TPSA) is 29.5 Å². The van der Waals surface area contributed by atoms with Gasteiger partial charge in [0.05, 0.1) is 12.7 Å². The van der Waals surface area contributed by atoms with Gasteiger partial charge >= 0.3 is 12.3 Å². The van der Waals surface area contributed by atoms with Crippen LogP contribution in [0, 0.1) is 0 Å². The molecule has 0 aliphatic heterocycles. The standard InChI is InChI=1S/C10H10F3NO2/c1-14(10(11,12)13)8-5-3-7(4-6-8)9(15)16-2/h3-6H,1-2H3. The Morgan fingerprint density at radius 1 is 1.25 bits per heavy atom. The van der Waals surface area contributed by atoms with Crippen LogP contribution in [0.3, 0.4) is 0 Å². The molecule has 0 spiro atoms. The maximum Gasteiger partial charge on any atom is 0.484 e. The van der Waals surface area contributed by atoms with Crippen LogP contribution >= 0.6 is 0 Å². The van der Waals surface area contributed by atoms with Crippen molar-refractivity contribution in [2.75, 3.05) is 19.1 Å². The largest absolute Gasteiger partial charge is 0.484 e. The third-order valence-corrected chi connectivity index (χ3v) is 2.06. The number of benzene rings is 1. The van der Waals surface area contributed by atoms with Crippen molar-refractivity contribution in [2.45, 2.75) is 6.30 Å². The summed E-state index contributed by atoms with van der Waals surface area (Å²) in [5.41, 5.74) is 0.168. The van der Waals surface area contributed by atoms with Crippen molar-refractivity contribution in [3.63, 3.8) is 0 Å². The van der Waals surface area contributed by atoms with Crippen molar-refractivity contribution in [1.29, 1.82) is 0 Å². The lowest BCUT2D eigenvalue weighted by Crippen LogP contribution is -2.33. The molecular formula is C10H10F3NO2. The molecule has 0 radical (unpaired) electrons. The molecule has 0 heterocycles. The van der Waals surface area contributed by atoms with E-state index in [9.17, 15) is 18.0 Å². The number of methoxy groups -OCH3 is 1. The van der Waals surface area contributed by atoms with E-state index in [2.05, 4.69) is 4.74 Å². The summed E-state index contributed by atoms with van der Waals surface area (Å²) in [6.45, 7) is 0. The summed E-state index contributed by atoms with van der Waals surface area (Å²) < 4.78 is 41.3. The first-order valence-corrected chi connectivity index (χ1v) is 4.35. The van der Waals surface area contributed by atoms with Crippen molar-refractivity contribution in [2.24, 2.45) is 0 Å². The molecule has 16 heavy (non-hydrogen) atoms. The van der Waals surface area contributed by atoms with Crippen LogP contribution in [0.5, 0.6) is 0 Å². The minimum Gasteiger partial charge on any atom is -0.465 e. The summed E-state index contributed by atoms with van der Waals surface area (Å²) in [6, 6.07) is 4.98. The Kier molecular flexibility index (Phi) is 3.41. The molecule has 6 heteroatoms. The van der Waals surface area contributed by atoms with Gasteiger partial charge in [0.1, 0.15) is 0 Å². The Bertz CT molecular complexity index is 373. The molecule has 0 aliphatic carbocycles. The summed E-state index contributed by atoms with van der Waals surface area (Å²) in [5.74, 6) is -0.582. The normalized spacial score (nSPS) is 11.1. The van der Waals surface area contributed by atoms with E-state index in [0.717, 1.165) is 7.05 Å². The Morgan fingerprint density at radius 2 is 1.75 bits per heavy atom. The quantitative estimate of drug-likeness (QED) is 0.580. The van der Waals surface area contributed by atoms with Crippen molar-refractivity contribution >= 4 is 11.7 Å². The second-order valence-electron chi connectivity index (χ2n) is 3.07. The van der Waals surface area contributed by atoms with Crippen LogP contribution in [-0.2, 0) is 4.74 Å². The average molecular weight is 233 g/mol. The highest BCUT2D eigenvalue weighted by molar-refractivity contribution is 5.89. The number of hydrogen-bond acceptors (Lipinski definition) is 3. The number of halogens is 3. The maximum atomic E-state index is 12.3. The Balaban J connectivity index is 2.91. The zero-order valence-corrected chi connectivity index (χ0v) is 8.71. The smallest absolute Gasteiger partial charge is 0.465 e. The number of carbonyl (C=O) groups is 1. The molecule has 1 aromatic carbocycles. The SMILES string of the molecule is COC(=O)c1ccc(N(C)C(F)(F)F)cc1. The van der Waals surface area contributed by atoms with Crippen LogP contribution in [0.1, 0.15) is 10.4 Å². The molecule has 0 saturated heterocycles. The lowest BCUT2D eigenvalue weighted by atomic mass is 10.2. The molecule has 0 fully saturated rings. The second kappa shape index (κ2) is 4.42. The van der Waals surface area contributed by atoms with Crippen molar-refractivity contribution in [3.05, 3.63) is 29.8 Å². The number of ether oxygens (including phenoxy) is 1. The van der Waals surface area contributed by atoms with Crippen LogP contribution in [0.2, 0.25) is 0 Å². The first-order chi connectivity index (χ1) is 7.36. The third-order valence-electron chi connectivity index (χ3n) is 2.06. The van der Waals surface area contributed by atoms with Gasteiger partial charge in [-0.1, -0.05) is 0 Å².